The highest BCUT2D eigenvalue weighted by Gasteiger charge is 2.22. The highest BCUT2D eigenvalue weighted by molar-refractivity contribution is 6.23. The molecule has 0 aliphatic carbocycles. The van der Waals surface area contributed by atoms with E-state index in [2.05, 4.69) is 252 Å². The minimum Gasteiger partial charge on any atom is -0.310 e. The average Bonchev–Trinajstić information content (AvgIpc) is 3.68. The molecule has 2 nitrogen and oxygen atoms in total. The number of hydrogen-bond acceptors (Lipinski definition) is 1. The quantitative estimate of drug-likeness (QED) is 0.146. The van der Waals surface area contributed by atoms with Crippen LogP contribution >= 0.6 is 0 Å². The third-order valence-corrected chi connectivity index (χ3v) is 12.5. The summed E-state index contributed by atoms with van der Waals surface area (Å²) in [7, 11) is 0. The van der Waals surface area contributed by atoms with E-state index in [1.165, 1.54) is 87.5 Å². The third-order valence-electron chi connectivity index (χ3n) is 12.5. The first-order valence-corrected chi connectivity index (χ1v) is 21.3. The fourth-order valence-electron chi connectivity index (χ4n) is 9.68. The van der Waals surface area contributed by atoms with Crippen LogP contribution < -0.4 is 4.90 Å². The van der Waals surface area contributed by atoms with E-state index in [0.717, 1.165) is 22.7 Å². The Bertz CT molecular complexity index is 3600. The van der Waals surface area contributed by atoms with Gasteiger partial charge in [-0.3, -0.25) is 0 Å². The van der Waals surface area contributed by atoms with Gasteiger partial charge in [-0.15, -0.1) is 0 Å². The Hall–Kier alpha value is -8.20. The summed E-state index contributed by atoms with van der Waals surface area (Å²) in [6.07, 6.45) is 0. The molecule has 12 rings (SSSR count). The summed E-state index contributed by atoms with van der Waals surface area (Å²) < 4.78 is 2.43. The maximum atomic E-state index is 2.45. The highest BCUT2D eigenvalue weighted by Crippen LogP contribution is 2.47. The van der Waals surface area contributed by atoms with E-state index in [9.17, 15) is 0 Å². The molecule has 0 amide bonds. The standard InChI is InChI=1S/C60H40N2/c1-3-16-41(17-4-1)42-30-32-43(33-31-42)44-34-36-49(37-35-44)61(57-39-45-18-7-9-24-51(45)53-26-11-12-27-54(53)57)50-23-15-20-47(38-50)59-52-25-10-8-19-46(52)40-58-60(59)55-28-13-14-29-56(55)62(58)48-21-5-2-6-22-48/h1-40H. The Kier molecular flexibility index (Phi) is 8.53. The summed E-state index contributed by atoms with van der Waals surface area (Å²) in [6.45, 7) is 0. The minimum absolute atomic E-state index is 1.09. The van der Waals surface area contributed by atoms with E-state index in [4.69, 9.17) is 0 Å². The van der Waals surface area contributed by atoms with Crippen molar-refractivity contribution in [3.05, 3.63) is 243 Å². The number of fused-ring (bicyclic) bond motifs is 7. The van der Waals surface area contributed by atoms with Gasteiger partial charge in [0.05, 0.1) is 16.7 Å². The summed E-state index contributed by atoms with van der Waals surface area (Å²) >= 11 is 0. The zero-order valence-electron chi connectivity index (χ0n) is 34.0. The number of rotatable bonds is 7. The number of benzene rings is 11. The van der Waals surface area contributed by atoms with Gasteiger partial charge >= 0.3 is 0 Å². The van der Waals surface area contributed by atoms with Crippen molar-refractivity contribution >= 4 is 71.2 Å². The molecule has 1 aromatic heterocycles. The average molecular weight is 789 g/mol. The molecule has 0 spiro atoms. The van der Waals surface area contributed by atoms with Crippen molar-refractivity contribution < 1.29 is 0 Å². The second-order valence-electron chi connectivity index (χ2n) is 16.1. The molecular weight excluding hydrogens is 749 g/mol. The molecule has 290 valence electrons. The molecule has 0 saturated carbocycles. The predicted octanol–water partition coefficient (Wildman–Crippen LogP) is 16.7. The van der Waals surface area contributed by atoms with Crippen molar-refractivity contribution in [2.24, 2.45) is 0 Å². The molecule has 0 fully saturated rings. The fourth-order valence-corrected chi connectivity index (χ4v) is 9.68. The van der Waals surface area contributed by atoms with Crippen molar-refractivity contribution in [3.8, 4) is 39.1 Å². The molecule has 0 radical (unpaired) electrons. The van der Waals surface area contributed by atoms with E-state index < -0.39 is 0 Å². The molecule has 0 aliphatic rings. The molecule has 0 bridgehead atoms. The van der Waals surface area contributed by atoms with Gasteiger partial charge in [-0.05, 0) is 115 Å². The van der Waals surface area contributed by atoms with Crippen LogP contribution in [-0.4, -0.2) is 4.57 Å². The number of hydrogen-bond donors (Lipinski definition) is 0. The van der Waals surface area contributed by atoms with Crippen LogP contribution in [0.3, 0.4) is 0 Å². The lowest BCUT2D eigenvalue weighted by Crippen LogP contribution is -2.11. The molecule has 0 aliphatic heterocycles. The zero-order valence-corrected chi connectivity index (χ0v) is 34.0. The van der Waals surface area contributed by atoms with Crippen LogP contribution in [-0.2, 0) is 0 Å². The Morgan fingerprint density at radius 2 is 0.806 bits per heavy atom. The first kappa shape index (κ1) is 35.7. The SMILES string of the molecule is c1ccc(-c2ccc(-c3ccc(N(c4cccc(-c5c6ccccc6cc6c5c5ccccc5n6-c5ccccc5)c4)c4cc5ccccc5c5ccccc45)cc3)cc2)cc1. The molecular formula is C60H40N2. The molecule has 62 heavy (non-hydrogen) atoms. The van der Waals surface area contributed by atoms with Crippen LogP contribution in [0.25, 0.3) is 93.2 Å². The van der Waals surface area contributed by atoms with Crippen LogP contribution in [0.15, 0.2) is 243 Å². The molecule has 0 unspecified atom stereocenters. The molecule has 11 aromatic carbocycles. The monoisotopic (exact) mass is 788 g/mol. The largest absolute Gasteiger partial charge is 0.310 e. The van der Waals surface area contributed by atoms with Gasteiger partial charge in [-0.25, -0.2) is 0 Å². The maximum Gasteiger partial charge on any atom is 0.0553 e. The third kappa shape index (κ3) is 5.96. The van der Waals surface area contributed by atoms with Gasteiger partial charge in [-0.2, -0.15) is 0 Å². The highest BCUT2D eigenvalue weighted by atomic mass is 15.1. The van der Waals surface area contributed by atoms with Crippen molar-refractivity contribution in [2.75, 3.05) is 4.90 Å². The zero-order chi connectivity index (χ0) is 41.0. The lowest BCUT2D eigenvalue weighted by molar-refractivity contribution is 1.18. The van der Waals surface area contributed by atoms with Crippen LogP contribution in [0.1, 0.15) is 0 Å². The van der Waals surface area contributed by atoms with Crippen molar-refractivity contribution in [2.45, 2.75) is 0 Å². The van der Waals surface area contributed by atoms with Gasteiger partial charge in [0, 0.05) is 33.2 Å². The van der Waals surface area contributed by atoms with Crippen LogP contribution in [0.5, 0.6) is 0 Å². The van der Waals surface area contributed by atoms with Gasteiger partial charge in [-0.1, -0.05) is 188 Å². The smallest absolute Gasteiger partial charge is 0.0553 e. The topological polar surface area (TPSA) is 8.17 Å². The molecule has 12 aromatic rings. The minimum atomic E-state index is 1.09. The van der Waals surface area contributed by atoms with Crippen LogP contribution in [0, 0.1) is 0 Å². The summed E-state index contributed by atoms with van der Waals surface area (Å²) in [5.41, 5.74) is 14.1. The second-order valence-corrected chi connectivity index (χ2v) is 16.1. The Balaban J connectivity index is 1.07. The lowest BCUT2D eigenvalue weighted by Gasteiger charge is -2.28. The first-order chi connectivity index (χ1) is 30.8. The van der Waals surface area contributed by atoms with Crippen molar-refractivity contribution in [1.82, 2.24) is 4.57 Å². The fraction of sp³-hybridized carbons (Fsp3) is 0. The first-order valence-electron chi connectivity index (χ1n) is 21.3. The van der Waals surface area contributed by atoms with Gasteiger partial charge < -0.3 is 9.47 Å². The Morgan fingerprint density at radius 3 is 1.52 bits per heavy atom. The lowest BCUT2D eigenvalue weighted by atomic mass is 9.92. The number of nitrogens with zero attached hydrogens (tertiary/aromatic N) is 2. The van der Waals surface area contributed by atoms with E-state index in [1.54, 1.807) is 0 Å². The number of anilines is 3. The predicted molar refractivity (Wildman–Crippen MR) is 264 cm³/mol. The molecule has 1 heterocycles. The summed E-state index contributed by atoms with van der Waals surface area (Å²) in [6, 6.07) is 88.5. The number of aromatic nitrogens is 1. The molecule has 0 N–H and O–H groups in total. The van der Waals surface area contributed by atoms with E-state index in [-0.39, 0.29) is 0 Å². The second kappa shape index (κ2) is 14.8. The summed E-state index contributed by atoms with van der Waals surface area (Å²) in [5.74, 6) is 0. The van der Waals surface area contributed by atoms with Gasteiger partial charge in [0.1, 0.15) is 0 Å². The van der Waals surface area contributed by atoms with Crippen molar-refractivity contribution in [1.29, 1.82) is 0 Å². The van der Waals surface area contributed by atoms with Gasteiger partial charge in [0.15, 0.2) is 0 Å². The summed E-state index contributed by atoms with van der Waals surface area (Å²) in [4.78, 5) is 2.45. The van der Waals surface area contributed by atoms with Gasteiger partial charge in [0.2, 0.25) is 0 Å². The Morgan fingerprint density at radius 1 is 0.290 bits per heavy atom. The molecule has 0 saturated heterocycles. The van der Waals surface area contributed by atoms with Crippen LogP contribution in [0.4, 0.5) is 17.1 Å². The Labute approximate surface area is 360 Å². The normalized spacial score (nSPS) is 11.5. The van der Waals surface area contributed by atoms with E-state index in [0.29, 0.717) is 0 Å². The van der Waals surface area contributed by atoms with E-state index >= 15 is 0 Å². The van der Waals surface area contributed by atoms with E-state index in [1.807, 2.05) is 0 Å². The van der Waals surface area contributed by atoms with Gasteiger partial charge in [0.25, 0.3) is 0 Å². The molecule has 0 atom stereocenters. The maximum absolute atomic E-state index is 2.45. The van der Waals surface area contributed by atoms with Crippen molar-refractivity contribution in [3.63, 3.8) is 0 Å². The molecule has 2 heteroatoms. The van der Waals surface area contributed by atoms with Crippen LogP contribution in [0.2, 0.25) is 0 Å². The summed E-state index contributed by atoms with van der Waals surface area (Å²) in [5, 5.41) is 9.85. The number of para-hydroxylation sites is 2.